The normalized spacial score (nSPS) is 26.8. The predicted octanol–water partition coefficient (Wildman–Crippen LogP) is 4.11. The minimum atomic E-state index is 0.508. The smallest absolute Gasteiger partial charge is 0.171 e. The van der Waals surface area contributed by atoms with Gasteiger partial charge in [-0.1, -0.05) is 38.8 Å². The molecule has 19 heavy (non-hydrogen) atoms. The van der Waals surface area contributed by atoms with Gasteiger partial charge in [-0.15, -0.1) is 0 Å². The number of anilines is 1. The summed E-state index contributed by atoms with van der Waals surface area (Å²) in [4.78, 5) is 0. The highest BCUT2D eigenvalue weighted by molar-refractivity contribution is 7.80. The van der Waals surface area contributed by atoms with Crippen molar-refractivity contribution in [2.45, 2.75) is 46.1 Å². The first-order valence-corrected chi connectivity index (χ1v) is 7.61. The summed E-state index contributed by atoms with van der Waals surface area (Å²) in [6.07, 6.45) is 3.87. The van der Waals surface area contributed by atoms with Gasteiger partial charge in [-0.05, 0) is 55.1 Å². The quantitative estimate of drug-likeness (QED) is 0.795. The molecule has 0 aromatic heterocycles. The van der Waals surface area contributed by atoms with E-state index in [-0.39, 0.29) is 0 Å². The lowest BCUT2D eigenvalue weighted by Gasteiger charge is -2.35. The van der Waals surface area contributed by atoms with Crippen LogP contribution >= 0.6 is 12.2 Å². The van der Waals surface area contributed by atoms with Gasteiger partial charge in [0.2, 0.25) is 0 Å². The van der Waals surface area contributed by atoms with Crippen LogP contribution < -0.4 is 10.6 Å². The summed E-state index contributed by atoms with van der Waals surface area (Å²) < 4.78 is 0. The molecule has 0 radical (unpaired) electrons. The molecule has 3 atom stereocenters. The number of aryl methyl sites for hydroxylation is 1. The molecule has 1 saturated carbocycles. The van der Waals surface area contributed by atoms with Gasteiger partial charge in [0, 0.05) is 11.7 Å². The van der Waals surface area contributed by atoms with Crippen molar-refractivity contribution in [3.8, 4) is 0 Å². The van der Waals surface area contributed by atoms with Crippen LogP contribution in [0.25, 0.3) is 0 Å². The van der Waals surface area contributed by atoms with E-state index in [1.54, 1.807) is 0 Å². The molecule has 0 saturated heterocycles. The first-order chi connectivity index (χ1) is 9.06. The minimum absolute atomic E-state index is 0.508. The van der Waals surface area contributed by atoms with Crippen molar-refractivity contribution in [1.29, 1.82) is 0 Å². The predicted molar refractivity (Wildman–Crippen MR) is 86.5 cm³/mol. The zero-order valence-electron chi connectivity index (χ0n) is 12.1. The second-order valence-corrected chi connectivity index (χ2v) is 6.25. The highest BCUT2D eigenvalue weighted by Crippen LogP contribution is 2.29. The van der Waals surface area contributed by atoms with Crippen LogP contribution in [0.1, 0.15) is 38.7 Å². The van der Waals surface area contributed by atoms with E-state index >= 15 is 0 Å². The van der Waals surface area contributed by atoms with Crippen LogP contribution in [0.15, 0.2) is 24.3 Å². The van der Waals surface area contributed by atoms with Gasteiger partial charge in [0.15, 0.2) is 5.11 Å². The van der Waals surface area contributed by atoms with E-state index in [1.807, 2.05) is 12.1 Å². The number of thiocarbonyl (C=S) groups is 1. The van der Waals surface area contributed by atoms with E-state index in [9.17, 15) is 0 Å². The molecule has 0 amide bonds. The first kappa shape index (κ1) is 14.3. The molecule has 0 aliphatic heterocycles. The molecule has 3 heteroatoms. The van der Waals surface area contributed by atoms with Crippen molar-refractivity contribution in [3.63, 3.8) is 0 Å². The Kier molecular flexibility index (Phi) is 4.81. The minimum Gasteiger partial charge on any atom is -0.359 e. The van der Waals surface area contributed by atoms with Crippen LogP contribution in [0.5, 0.6) is 0 Å². The van der Waals surface area contributed by atoms with Crippen molar-refractivity contribution >= 4 is 23.0 Å². The molecule has 0 unspecified atom stereocenters. The molecule has 1 aliphatic carbocycles. The third-order valence-electron chi connectivity index (χ3n) is 4.30. The topological polar surface area (TPSA) is 24.1 Å². The Morgan fingerprint density at radius 3 is 2.79 bits per heavy atom. The lowest BCUT2D eigenvalue weighted by atomic mass is 9.78. The fraction of sp³-hybridized carbons (Fsp3) is 0.562. The maximum Gasteiger partial charge on any atom is 0.171 e. The number of hydrogen-bond donors (Lipinski definition) is 2. The van der Waals surface area contributed by atoms with E-state index in [0.29, 0.717) is 12.0 Å². The van der Waals surface area contributed by atoms with Gasteiger partial charge in [-0.3, -0.25) is 0 Å². The summed E-state index contributed by atoms with van der Waals surface area (Å²) in [6, 6.07) is 8.81. The van der Waals surface area contributed by atoms with Gasteiger partial charge in [0.05, 0.1) is 0 Å². The summed E-state index contributed by atoms with van der Waals surface area (Å²) in [6.45, 7) is 6.76. The van der Waals surface area contributed by atoms with Crippen LogP contribution in [0.3, 0.4) is 0 Å². The molecule has 104 valence electrons. The lowest BCUT2D eigenvalue weighted by Crippen LogP contribution is -2.45. The van der Waals surface area contributed by atoms with Crippen LogP contribution in [0.4, 0.5) is 5.69 Å². The van der Waals surface area contributed by atoms with Crippen molar-refractivity contribution < 1.29 is 0 Å². The van der Waals surface area contributed by atoms with E-state index in [4.69, 9.17) is 12.2 Å². The van der Waals surface area contributed by atoms with Gasteiger partial charge in [0.25, 0.3) is 0 Å². The zero-order valence-corrected chi connectivity index (χ0v) is 12.9. The molecular weight excluding hydrogens is 252 g/mol. The molecule has 2 N–H and O–H groups in total. The van der Waals surface area contributed by atoms with E-state index in [0.717, 1.165) is 16.7 Å². The highest BCUT2D eigenvalue weighted by atomic mass is 32.1. The molecule has 1 aliphatic rings. The molecule has 2 rings (SSSR count). The average Bonchev–Trinajstić information content (AvgIpc) is 2.35. The standard InChI is InChI=1S/C16H24N2S/c1-11-6-4-8-14(10-11)17-16(19)18-15-9-5-7-12(2)13(15)3/h4,6,8,10,12-13,15H,5,7,9H2,1-3H3,(H2,17,18,19)/t12-,13+,15-/m1/s1. The van der Waals surface area contributed by atoms with Gasteiger partial charge < -0.3 is 10.6 Å². The summed E-state index contributed by atoms with van der Waals surface area (Å²) in [5, 5.41) is 7.52. The Hall–Kier alpha value is -1.09. The number of nitrogens with one attached hydrogen (secondary N) is 2. The zero-order chi connectivity index (χ0) is 13.8. The molecule has 1 fully saturated rings. The van der Waals surface area contributed by atoms with Gasteiger partial charge >= 0.3 is 0 Å². The Morgan fingerprint density at radius 2 is 2.05 bits per heavy atom. The van der Waals surface area contributed by atoms with Crippen molar-refractivity contribution in [3.05, 3.63) is 29.8 Å². The number of benzene rings is 1. The van der Waals surface area contributed by atoms with E-state index in [2.05, 4.69) is 43.5 Å². The van der Waals surface area contributed by atoms with Gasteiger partial charge in [-0.25, -0.2) is 0 Å². The Balaban J connectivity index is 1.90. The summed E-state index contributed by atoms with van der Waals surface area (Å²) in [7, 11) is 0. The van der Waals surface area contributed by atoms with E-state index < -0.39 is 0 Å². The molecule has 1 aromatic carbocycles. The third kappa shape index (κ3) is 3.93. The fourth-order valence-electron chi connectivity index (χ4n) is 2.84. The second kappa shape index (κ2) is 6.38. The summed E-state index contributed by atoms with van der Waals surface area (Å²) in [5.41, 5.74) is 2.31. The van der Waals surface area contributed by atoms with Crippen molar-refractivity contribution in [1.82, 2.24) is 5.32 Å². The maximum absolute atomic E-state index is 5.43. The van der Waals surface area contributed by atoms with E-state index in [1.165, 1.54) is 24.8 Å². The fourth-order valence-corrected chi connectivity index (χ4v) is 3.11. The maximum atomic E-state index is 5.43. The van der Waals surface area contributed by atoms with Crippen LogP contribution in [0.2, 0.25) is 0 Å². The highest BCUT2D eigenvalue weighted by Gasteiger charge is 2.27. The molecule has 0 spiro atoms. The first-order valence-electron chi connectivity index (χ1n) is 7.20. The van der Waals surface area contributed by atoms with Crippen LogP contribution in [0, 0.1) is 18.8 Å². The average molecular weight is 276 g/mol. The summed E-state index contributed by atoms with van der Waals surface area (Å²) >= 11 is 5.43. The molecular formula is C16H24N2S. The van der Waals surface area contributed by atoms with Gasteiger partial charge in [-0.2, -0.15) is 0 Å². The lowest BCUT2D eigenvalue weighted by molar-refractivity contribution is 0.225. The Bertz CT molecular complexity index is 444. The molecule has 0 heterocycles. The Labute approximate surface area is 122 Å². The van der Waals surface area contributed by atoms with Crippen LogP contribution in [-0.4, -0.2) is 11.2 Å². The number of hydrogen-bond acceptors (Lipinski definition) is 1. The third-order valence-corrected chi connectivity index (χ3v) is 4.52. The molecule has 2 nitrogen and oxygen atoms in total. The number of rotatable bonds is 2. The van der Waals surface area contributed by atoms with Gasteiger partial charge in [0.1, 0.15) is 0 Å². The Morgan fingerprint density at radius 1 is 1.26 bits per heavy atom. The SMILES string of the molecule is Cc1cccc(NC(=S)N[C@@H]2CCC[C@@H](C)[C@@H]2C)c1. The summed E-state index contributed by atoms with van der Waals surface area (Å²) in [5.74, 6) is 1.47. The van der Waals surface area contributed by atoms with Crippen molar-refractivity contribution in [2.24, 2.45) is 11.8 Å². The van der Waals surface area contributed by atoms with Crippen molar-refractivity contribution in [2.75, 3.05) is 5.32 Å². The monoisotopic (exact) mass is 276 g/mol. The largest absolute Gasteiger partial charge is 0.359 e. The molecule has 0 bridgehead atoms. The molecule has 1 aromatic rings. The van der Waals surface area contributed by atoms with Crippen LogP contribution in [-0.2, 0) is 0 Å². The second-order valence-electron chi connectivity index (χ2n) is 5.84.